The Balaban J connectivity index is 1.44. The fourth-order valence-electron chi connectivity index (χ4n) is 7.32. The number of fused-ring (bicyclic) bond motifs is 2. The number of amides is 2. The number of cyclic esters (lactones) is 1. The molecule has 0 bridgehead atoms. The molecule has 6 rings (SSSR count). The van der Waals surface area contributed by atoms with Gasteiger partial charge in [-0.1, -0.05) is 73.9 Å². The second-order valence-electron chi connectivity index (χ2n) is 11.2. The summed E-state index contributed by atoms with van der Waals surface area (Å²) in [5.41, 5.74) is -0.344. The van der Waals surface area contributed by atoms with Gasteiger partial charge in [0, 0.05) is 12.6 Å². The summed E-state index contributed by atoms with van der Waals surface area (Å²) in [5.74, 6) is -2.69. The summed E-state index contributed by atoms with van der Waals surface area (Å²) in [6.45, 7) is 0.383. The van der Waals surface area contributed by atoms with Crippen LogP contribution < -0.4 is 0 Å². The Kier molecular flexibility index (Phi) is 6.86. The summed E-state index contributed by atoms with van der Waals surface area (Å²) in [4.78, 5) is 45.6. The molecule has 1 saturated carbocycles. The van der Waals surface area contributed by atoms with Crippen LogP contribution in [0.2, 0.25) is 0 Å². The zero-order chi connectivity index (χ0) is 26.3. The number of rotatable bonds is 5. The quantitative estimate of drug-likeness (QED) is 0.473. The van der Waals surface area contributed by atoms with Crippen LogP contribution in [-0.2, 0) is 30.3 Å². The lowest BCUT2D eigenvalue weighted by Gasteiger charge is -2.41. The van der Waals surface area contributed by atoms with Crippen LogP contribution >= 0.6 is 0 Å². The van der Waals surface area contributed by atoms with Crippen LogP contribution in [0.4, 0.5) is 0 Å². The number of carbonyl (C=O) groups is 3. The average Bonchev–Trinajstić information content (AvgIpc) is 3.32. The third-order valence-corrected chi connectivity index (χ3v) is 9.02. The third-order valence-electron chi connectivity index (χ3n) is 9.02. The zero-order valence-electron chi connectivity index (χ0n) is 21.6. The molecule has 1 aliphatic carbocycles. The summed E-state index contributed by atoms with van der Waals surface area (Å²) in [7, 11) is 0. The first-order valence-electron chi connectivity index (χ1n) is 14.0. The highest BCUT2D eigenvalue weighted by Gasteiger charge is 2.72. The van der Waals surface area contributed by atoms with Crippen LogP contribution in [0.1, 0.15) is 44.1 Å². The van der Waals surface area contributed by atoms with Gasteiger partial charge in [0.25, 0.3) is 0 Å². The lowest BCUT2D eigenvalue weighted by molar-refractivity contribution is -0.157. The molecule has 4 heterocycles. The van der Waals surface area contributed by atoms with Gasteiger partial charge in [-0.25, -0.2) is 0 Å². The van der Waals surface area contributed by atoms with Crippen LogP contribution in [-0.4, -0.2) is 82.3 Å². The second-order valence-corrected chi connectivity index (χ2v) is 11.2. The van der Waals surface area contributed by atoms with E-state index in [1.807, 2.05) is 59.5 Å². The summed E-state index contributed by atoms with van der Waals surface area (Å²) in [5, 5.41) is 10.6. The molecule has 1 N–H and O–H groups in total. The SMILES string of the molecule is O=C1OCCC=C[C@@H]2O[C@]34C=CCN(C5CCCCC5)C(=O)C3N([C@@H](CO)Cc3ccccc3)C(=O)[C@@H]4[C@H]12. The van der Waals surface area contributed by atoms with E-state index in [9.17, 15) is 19.5 Å². The first-order chi connectivity index (χ1) is 18.5. The summed E-state index contributed by atoms with van der Waals surface area (Å²) in [6, 6.07) is 8.16. The van der Waals surface area contributed by atoms with Crippen molar-refractivity contribution in [1.29, 1.82) is 0 Å². The van der Waals surface area contributed by atoms with E-state index < -0.39 is 41.6 Å². The van der Waals surface area contributed by atoms with Gasteiger partial charge in [0.1, 0.15) is 17.6 Å². The van der Waals surface area contributed by atoms with Crippen molar-refractivity contribution in [3.8, 4) is 0 Å². The Morgan fingerprint density at radius 3 is 2.58 bits per heavy atom. The molecule has 8 nitrogen and oxygen atoms in total. The van der Waals surface area contributed by atoms with Crippen LogP contribution in [0.25, 0.3) is 0 Å². The molecule has 6 atom stereocenters. The molecule has 0 radical (unpaired) electrons. The van der Waals surface area contributed by atoms with Crippen molar-refractivity contribution in [1.82, 2.24) is 9.80 Å². The Labute approximate surface area is 223 Å². The van der Waals surface area contributed by atoms with Gasteiger partial charge in [0.15, 0.2) is 0 Å². The van der Waals surface area contributed by atoms with Gasteiger partial charge >= 0.3 is 5.97 Å². The first kappa shape index (κ1) is 25.3. The minimum absolute atomic E-state index is 0.105. The van der Waals surface area contributed by atoms with Crippen molar-refractivity contribution in [3.05, 3.63) is 60.2 Å². The molecule has 38 heavy (non-hydrogen) atoms. The molecular formula is C30H36N2O6. The maximum atomic E-state index is 14.5. The summed E-state index contributed by atoms with van der Waals surface area (Å²) >= 11 is 0. The number of hydrogen-bond acceptors (Lipinski definition) is 6. The lowest BCUT2D eigenvalue weighted by Crippen LogP contribution is -2.60. The van der Waals surface area contributed by atoms with E-state index in [0.29, 0.717) is 19.4 Å². The number of esters is 1. The molecule has 0 aromatic heterocycles. The molecule has 4 aliphatic heterocycles. The maximum Gasteiger partial charge on any atom is 0.312 e. The van der Waals surface area contributed by atoms with E-state index in [0.717, 1.165) is 31.2 Å². The Bertz CT molecular complexity index is 1130. The molecule has 8 heteroatoms. The topological polar surface area (TPSA) is 96.4 Å². The van der Waals surface area contributed by atoms with Gasteiger partial charge in [-0.15, -0.1) is 0 Å². The fourth-order valence-corrected chi connectivity index (χ4v) is 7.32. The highest BCUT2D eigenvalue weighted by molar-refractivity contribution is 5.99. The largest absolute Gasteiger partial charge is 0.465 e. The third kappa shape index (κ3) is 4.09. The van der Waals surface area contributed by atoms with E-state index in [4.69, 9.17) is 9.47 Å². The molecule has 5 aliphatic rings. The Morgan fingerprint density at radius 2 is 1.82 bits per heavy atom. The minimum Gasteiger partial charge on any atom is -0.465 e. The molecule has 1 unspecified atom stereocenters. The van der Waals surface area contributed by atoms with Crippen molar-refractivity contribution >= 4 is 17.8 Å². The number of hydrogen-bond donors (Lipinski definition) is 1. The van der Waals surface area contributed by atoms with Gasteiger partial charge < -0.3 is 24.4 Å². The molecule has 2 saturated heterocycles. The minimum atomic E-state index is -1.30. The van der Waals surface area contributed by atoms with Crippen LogP contribution in [0.5, 0.6) is 0 Å². The monoisotopic (exact) mass is 520 g/mol. The molecule has 1 spiro atoms. The zero-order valence-corrected chi connectivity index (χ0v) is 21.6. The Hall–Kier alpha value is -2.97. The van der Waals surface area contributed by atoms with Gasteiger partial charge in [0.05, 0.1) is 31.3 Å². The van der Waals surface area contributed by atoms with E-state index in [1.165, 1.54) is 6.42 Å². The predicted molar refractivity (Wildman–Crippen MR) is 139 cm³/mol. The molecule has 1 aromatic rings. The van der Waals surface area contributed by atoms with Crippen LogP contribution in [0, 0.1) is 11.8 Å². The number of benzene rings is 1. The summed E-state index contributed by atoms with van der Waals surface area (Å²) < 4.78 is 12.2. The lowest BCUT2D eigenvalue weighted by atomic mass is 9.77. The van der Waals surface area contributed by atoms with Gasteiger partial charge in [-0.2, -0.15) is 0 Å². The van der Waals surface area contributed by atoms with Crippen LogP contribution in [0.15, 0.2) is 54.6 Å². The van der Waals surface area contributed by atoms with Gasteiger partial charge in [-0.05, 0) is 31.2 Å². The number of likely N-dealkylation sites (tertiary alicyclic amines) is 1. The maximum absolute atomic E-state index is 14.5. The smallest absolute Gasteiger partial charge is 0.312 e. The van der Waals surface area contributed by atoms with Crippen molar-refractivity contribution in [2.45, 2.75) is 74.8 Å². The van der Waals surface area contributed by atoms with Crippen molar-refractivity contribution < 1.29 is 29.0 Å². The second kappa shape index (κ2) is 10.3. The number of aliphatic hydroxyl groups excluding tert-OH is 1. The van der Waals surface area contributed by atoms with Crippen molar-refractivity contribution in [2.24, 2.45) is 11.8 Å². The fraction of sp³-hybridized carbons (Fsp3) is 0.567. The number of carbonyl (C=O) groups excluding carboxylic acids is 3. The molecule has 2 amide bonds. The first-order valence-corrected chi connectivity index (χ1v) is 14.0. The predicted octanol–water partition coefficient (Wildman–Crippen LogP) is 2.40. The molecule has 3 fully saturated rings. The van der Waals surface area contributed by atoms with Gasteiger partial charge in [0.2, 0.25) is 11.8 Å². The Morgan fingerprint density at radius 1 is 1.03 bits per heavy atom. The number of aliphatic hydroxyl groups is 1. The van der Waals surface area contributed by atoms with E-state index in [1.54, 1.807) is 4.90 Å². The molecule has 1 aromatic carbocycles. The molecular weight excluding hydrogens is 484 g/mol. The van der Waals surface area contributed by atoms with E-state index in [2.05, 4.69) is 0 Å². The van der Waals surface area contributed by atoms with E-state index >= 15 is 0 Å². The standard InChI is InChI=1S/C30H36N2O6/c33-19-22(18-20-10-3-1-4-11-20)32-26-28(35)31(21-12-5-2-6-13-21)16-9-15-30(26)25(27(32)34)24-23(38-30)14-7-8-17-37-29(24)36/h1,3-4,7,9-11,14-15,21-26,33H,2,5-6,8,12-13,16-19H2/t22-,23+,24-,25+,26?,30+/m1/s1. The van der Waals surface area contributed by atoms with Crippen LogP contribution in [0.3, 0.4) is 0 Å². The summed E-state index contributed by atoms with van der Waals surface area (Å²) in [6.07, 6.45) is 13.1. The number of nitrogens with zero attached hydrogens (tertiary/aromatic N) is 2. The molecule has 202 valence electrons. The highest BCUT2D eigenvalue weighted by Crippen LogP contribution is 2.54. The van der Waals surface area contributed by atoms with Crippen molar-refractivity contribution in [3.63, 3.8) is 0 Å². The van der Waals surface area contributed by atoms with E-state index in [-0.39, 0.29) is 31.1 Å². The number of ether oxygens (including phenoxy) is 2. The highest BCUT2D eigenvalue weighted by atomic mass is 16.6. The van der Waals surface area contributed by atoms with Crippen molar-refractivity contribution in [2.75, 3.05) is 19.8 Å². The normalized spacial score (nSPS) is 34.2. The average molecular weight is 521 g/mol. The van der Waals surface area contributed by atoms with Gasteiger partial charge in [-0.3, -0.25) is 14.4 Å².